The predicted molar refractivity (Wildman–Crippen MR) is 111 cm³/mol. The molecular weight excluding hydrogens is 470 g/mol. The number of thioether (sulfide) groups is 1. The minimum absolute atomic E-state index is 0.535. The maximum absolute atomic E-state index is 5.31. The van der Waals surface area contributed by atoms with E-state index in [1.54, 1.807) is 18.4 Å². The molecule has 0 amide bonds. The van der Waals surface area contributed by atoms with Gasteiger partial charge in [-0.3, -0.25) is 0 Å². The van der Waals surface area contributed by atoms with E-state index in [1.807, 2.05) is 35.7 Å². The van der Waals surface area contributed by atoms with E-state index in [2.05, 4.69) is 41.6 Å². The second kappa shape index (κ2) is 8.38. The summed E-state index contributed by atoms with van der Waals surface area (Å²) in [6.07, 6.45) is 0. The largest absolute Gasteiger partial charge is 0.497 e. The van der Waals surface area contributed by atoms with Crippen LogP contribution < -0.4 is 10.1 Å². The van der Waals surface area contributed by atoms with Crippen LogP contribution in [0.1, 0.15) is 5.89 Å². The van der Waals surface area contributed by atoms with E-state index in [4.69, 9.17) is 9.26 Å². The fourth-order valence-corrected chi connectivity index (χ4v) is 5.07. The molecule has 0 spiro atoms. The van der Waals surface area contributed by atoms with E-state index >= 15 is 0 Å². The molecule has 4 rings (SSSR count). The van der Waals surface area contributed by atoms with E-state index in [0.717, 1.165) is 25.1 Å². The summed E-state index contributed by atoms with van der Waals surface area (Å²) in [6.45, 7) is 0. The van der Waals surface area contributed by atoms with Crippen LogP contribution in [-0.2, 0) is 5.75 Å². The molecule has 0 unspecified atom stereocenters. The van der Waals surface area contributed by atoms with E-state index in [-0.39, 0.29) is 0 Å². The molecule has 11 heteroatoms. The number of aromatic nitrogens is 4. The van der Waals surface area contributed by atoms with Gasteiger partial charge in [-0.2, -0.15) is 4.98 Å². The first-order valence-corrected chi connectivity index (χ1v) is 11.1. The summed E-state index contributed by atoms with van der Waals surface area (Å²) in [7, 11) is 1.64. The van der Waals surface area contributed by atoms with Crippen LogP contribution in [0.3, 0.4) is 0 Å². The quantitative estimate of drug-likeness (QED) is 0.348. The summed E-state index contributed by atoms with van der Waals surface area (Å²) in [6, 6.07) is 9.61. The summed E-state index contributed by atoms with van der Waals surface area (Å²) in [4.78, 5) is 5.38. The topological polar surface area (TPSA) is 86.0 Å². The molecule has 0 bridgehead atoms. The predicted octanol–water partition coefficient (Wildman–Crippen LogP) is 5.46. The van der Waals surface area contributed by atoms with Crippen LogP contribution >= 0.6 is 50.4 Å². The zero-order chi connectivity index (χ0) is 18.6. The van der Waals surface area contributed by atoms with Gasteiger partial charge in [-0.15, -0.1) is 21.5 Å². The molecular formula is C16H12BrN5O2S3. The molecule has 0 atom stereocenters. The summed E-state index contributed by atoms with van der Waals surface area (Å²) < 4.78 is 12.4. The summed E-state index contributed by atoms with van der Waals surface area (Å²) >= 11 is 7.95. The maximum atomic E-state index is 5.31. The normalized spacial score (nSPS) is 10.9. The summed E-state index contributed by atoms with van der Waals surface area (Å²) in [5, 5.41) is 18.3. The van der Waals surface area contributed by atoms with Gasteiger partial charge in [0, 0.05) is 21.6 Å². The number of hydrogen-bond donors (Lipinski definition) is 1. The molecule has 0 radical (unpaired) electrons. The van der Waals surface area contributed by atoms with Crippen molar-refractivity contribution in [2.75, 3.05) is 12.4 Å². The van der Waals surface area contributed by atoms with Crippen molar-refractivity contribution in [3.05, 3.63) is 46.1 Å². The first kappa shape index (κ1) is 18.4. The Bertz CT molecular complexity index is 1050. The van der Waals surface area contributed by atoms with Crippen molar-refractivity contribution in [2.45, 2.75) is 10.1 Å². The smallest absolute Gasteiger partial charge is 0.237 e. The van der Waals surface area contributed by atoms with Crippen LogP contribution in [0.2, 0.25) is 0 Å². The Kier molecular flexibility index (Phi) is 5.72. The average Bonchev–Trinajstić information content (AvgIpc) is 3.41. The Labute approximate surface area is 175 Å². The molecule has 1 aromatic carbocycles. The average molecular weight is 482 g/mol. The number of benzene rings is 1. The lowest BCUT2D eigenvalue weighted by Gasteiger charge is -2.04. The molecule has 0 aliphatic rings. The van der Waals surface area contributed by atoms with Gasteiger partial charge in [-0.05, 0) is 34.1 Å². The van der Waals surface area contributed by atoms with Crippen molar-refractivity contribution in [3.8, 4) is 16.5 Å². The van der Waals surface area contributed by atoms with Crippen molar-refractivity contribution < 1.29 is 9.26 Å². The van der Waals surface area contributed by atoms with Crippen molar-refractivity contribution in [3.63, 3.8) is 0 Å². The molecule has 0 fully saturated rings. The third kappa shape index (κ3) is 4.67. The minimum atomic E-state index is 0.535. The van der Waals surface area contributed by atoms with Crippen molar-refractivity contribution in [1.29, 1.82) is 0 Å². The van der Waals surface area contributed by atoms with Gasteiger partial charge in [0.05, 0.1) is 17.7 Å². The Hall–Kier alpha value is -1.95. The lowest BCUT2D eigenvalue weighted by atomic mass is 10.3. The monoisotopic (exact) mass is 481 g/mol. The zero-order valence-electron chi connectivity index (χ0n) is 13.9. The number of thiophene rings is 1. The number of halogens is 1. The number of anilines is 2. The zero-order valence-corrected chi connectivity index (χ0v) is 17.9. The number of methoxy groups -OCH3 is 1. The van der Waals surface area contributed by atoms with Crippen LogP contribution in [0.15, 0.2) is 49.0 Å². The molecule has 7 nitrogen and oxygen atoms in total. The first-order valence-electron chi connectivity index (χ1n) is 7.64. The van der Waals surface area contributed by atoms with E-state index in [9.17, 15) is 0 Å². The number of rotatable bonds is 7. The van der Waals surface area contributed by atoms with Gasteiger partial charge in [0.2, 0.25) is 16.8 Å². The summed E-state index contributed by atoms with van der Waals surface area (Å²) in [5.74, 6) is 2.47. The Morgan fingerprint density at radius 1 is 1.30 bits per heavy atom. The van der Waals surface area contributed by atoms with Crippen LogP contribution in [0.5, 0.6) is 5.75 Å². The third-order valence-corrected chi connectivity index (χ3v) is 6.95. The van der Waals surface area contributed by atoms with Crippen LogP contribution in [0.4, 0.5) is 10.8 Å². The molecule has 0 saturated carbocycles. The highest BCUT2D eigenvalue weighted by Crippen LogP contribution is 2.32. The van der Waals surface area contributed by atoms with E-state index in [1.165, 1.54) is 23.1 Å². The molecule has 3 aromatic heterocycles. The molecule has 3 heterocycles. The number of ether oxygens (including phenoxy) is 1. The molecule has 138 valence electrons. The lowest BCUT2D eigenvalue weighted by Crippen LogP contribution is -1.90. The van der Waals surface area contributed by atoms with Crippen LogP contribution in [-0.4, -0.2) is 27.4 Å². The molecule has 0 saturated heterocycles. The van der Waals surface area contributed by atoms with Crippen molar-refractivity contribution >= 4 is 61.2 Å². The highest BCUT2D eigenvalue weighted by molar-refractivity contribution is 9.10. The van der Waals surface area contributed by atoms with Gasteiger partial charge in [-0.1, -0.05) is 34.3 Å². The highest BCUT2D eigenvalue weighted by Gasteiger charge is 2.12. The Balaban J connectivity index is 1.36. The standard InChI is InChI=1S/C16H12BrN5O2S3/c1-23-11-4-2-3-10(6-11)18-15-20-21-16(27-15)26-8-13-19-14(22-24-13)12-5-9(17)7-25-12/h2-7H,8H2,1H3,(H,18,20). The Morgan fingerprint density at radius 3 is 3.04 bits per heavy atom. The highest BCUT2D eigenvalue weighted by atomic mass is 79.9. The van der Waals surface area contributed by atoms with Crippen molar-refractivity contribution in [1.82, 2.24) is 20.3 Å². The van der Waals surface area contributed by atoms with E-state index < -0.39 is 0 Å². The second-order valence-corrected chi connectivity index (χ2v) is 9.19. The SMILES string of the molecule is COc1cccc(Nc2nnc(SCc3nc(-c4cc(Br)cs4)no3)s2)c1. The molecule has 0 aliphatic carbocycles. The van der Waals surface area contributed by atoms with E-state index in [0.29, 0.717) is 22.6 Å². The molecule has 0 aliphatic heterocycles. The number of hydrogen-bond acceptors (Lipinski definition) is 10. The van der Waals surface area contributed by atoms with Gasteiger partial charge < -0.3 is 14.6 Å². The fourth-order valence-electron chi connectivity index (χ4n) is 2.11. The molecule has 4 aromatic rings. The van der Waals surface area contributed by atoms with Gasteiger partial charge in [0.1, 0.15) is 5.75 Å². The first-order chi connectivity index (χ1) is 13.2. The van der Waals surface area contributed by atoms with Gasteiger partial charge in [0.15, 0.2) is 4.34 Å². The molecule has 1 N–H and O–H groups in total. The fraction of sp³-hybridized carbons (Fsp3) is 0.125. The minimum Gasteiger partial charge on any atom is -0.497 e. The van der Waals surface area contributed by atoms with Gasteiger partial charge in [-0.25, -0.2) is 0 Å². The number of nitrogens with one attached hydrogen (secondary N) is 1. The van der Waals surface area contributed by atoms with Gasteiger partial charge >= 0.3 is 0 Å². The maximum Gasteiger partial charge on any atom is 0.237 e. The summed E-state index contributed by atoms with van der Waals surface area (Å²) in [5.41, 5.74) is 0.894. The van der Waals surface area contributed by atoms with Crippen LogP contribution in [0.25, 0.3) is 10.7 Å². The Morgan fingerprint density at radius 2 is 2.22 bits per heavy atom. The van der Waals surface area contributed by atoms with Gasteiger partial charge in [0.25, 0.3) is 0 Å². The van der Waals surface area contributed by atoms with Crippen molar-refractivity contribution in [2.24, 2.45) is 0 Å². The second-order valence-electron chi connectivity index (χ2n) is 5.16. The third-order valence-electron chi connectivity index (χ3n) is 3.30. The lowest BCUT2D eigenvalue weighted by molar-refractivity contribution is 0.392. The van der Waals surface area contributed by atoms with Crippen LogP contribution in [0, 0.1) is 0 Å². The molecule has 27 heavy (non-hydrogen) atoms. The number of nitrogens with zero attached hydrogens (tertiary/aromatic N) is 4.